The molecule has 0 aliphatic carbocycles. The van der Waals surface area contributed by atoms with Gasteiger partial charge in [-0.05, 0) is 25.5 Å². The Balaban J connectivity index is 2.29. The van der Waals surface area contributed by atoms with Gasteiger partial charge >= 0.3 is 5.97 Å². The molecule has 0 aromatic heterocycles. The lowest BCUT2D eigenvalue weighted by atomic mass is 10.0. The minimum Gasteiger partial charge on any atom is -0.465 e. The summed E-state index contributed by atoms with van der Waals surface area (Å²) in [6.45, 7) is 5.31. The molecule has 2 rings (SSSR count). The molecular weight excluding hydrogens is 346 g/mol. The van der Waals surface area contributed by atoms with Crippen molar-refractivity contribution in [3.8, 4) is 0 Å². The van der Waals surface area contributed by atoms with Crippen LogP contribution in [0.2, 0.25) is 0 Å². The Morgan fingerprint density at radius 1 is 1.22 bits per heavy atom. The minimum atomic E-state index is -0.650. The molecule has 0 unspecified atom stereocenters. The van der Waals surface area contributed by atoms with Crippen LogP contribution in [-0.2, 0) is 19.0 Å². The zero-order valence-corrected chi connectivity index (χ0v) is 16.6. The standard InChI is InChI=1S/C21H31NO5/c1-4-5-6-7-10-16(2)22(20(23)19-15-26-13-14-27-19)18-12-9-8-11-17(18)21(24)25-3/h8-9,11-12,16,19H,4-7,10,13-15H2,1-3H3/t16-,19-/m0/s1. The van der Waals surface area contributed by atoms with E-state index < -0.39 is 12.1 Å². The molecule has 0 bridgehead atoms. The van der Waals surface area contributed by atoms with Crippen molar-refractivity contribution >= 4 is 17.6 Å². The van der Waals surface area contributed by atoms with E-state index in [4.69, 9.17) is 14.2 Å². The summed E-state index contributed by atoms with van der Waals surface area (Å²) in [6.07, 6.45) is 4.71. The normalized spacial score (nSPS) is 18.0. The van der Waals surface area contributed by atoms with Crippen molar-refractivity contribution in [1.29, 1.82) is 0 Å². The largest absolute Gasteiger partial charge is 0.465 e. The number of methoxy groups -OCH3 is 1. The molecule has 1 amide bonds. The number of nitrogens with zero attached hydrogens (tertiary/aromatic N) is 1. The highest BCUT2D eigenvalue weighted by Crippen LogP contribution is 2.27. The smallest absolute Gasteiger partial charge is 0.339 e. The number of para-hydroxylation sites is 1. The van der Waals surface area contributed by atoms with Crippen molar-refractivity contribution in [3.63, 3.8) is 0 Å². The fraction of sp³-hybridized carbons (Fsp3) is 0.619. The molecule has 0 N–H and O–H groups in total. The molecule has 1 aliphatic heterocycles. The average molecular weight is 377 g/mol. The summed E-state index contributed by atoms with van der Waals surface area (Å²) >= 11 is 0. The van der Waals surface area contributed by atoms with Gasteiger partial charge in [-0.15, -0.1) is 0 Å². The van der Waals surface area contributed by atoms with Crippen molar-refractivity contribution in [2.24, 2.45) is 0 Å². The van der Waals surface area contributed by atoms with Crippen LogP contribution in [0, 0.1) is 0 Å². The van der Waals surface area contributed by atoms with Crippen LogP contribution >= 0.6 is 0 Å². The predicted molar refractivity (Wildman–Crippen MR) is 104 cm³/mol. The van der Waals surface area contributed by atoms with E-state index in [2.05, 4.69) is 6.92 Å². The molecule has 0 saturated carbocycles. The van der Waals surface area contributed by atoms with Crippen LogP contribution in [0.15, 0.2) is 24.3 Å². The van der Waals surface area contributed by atoms with Gasteiger partial charge in [0.15, 0.2) is 6.10 Å². The third-order valence-electron chi connectivity index (χ3n) is 4.81. The molecule has 6 nitrogen and oxygen atoms in total. The lowest BCUT2D eigenvalue weighted by Gasteiger charge is -2.34. The molecule has 1 saturated heterocycles. The number of anilines is 1. The van der Waals surface area contributed by atoms with Gasteiger partial charge in [0, 0.05) is 6.04 Å². The summed E-state index contributed by atoms with van der Waals surface area (Å²) in [5, 5.41) is 0. The minimum absolute atomic E-state index is 0.0642. The summed E-state index contributed by atoms with van der Waals surface area (Å²) in [6, 6.07) is 7.00. The number of carbonyl (C=O) groups excluding carboxylic acids is 2. The molecule has 0 spiro atoms. The summed E-state index contributed by atoms with van der Waals surface area (Å²) in [7, 11) is 1.34. The van der Waals surface area contributed by atoms with E-state index in [-0.39, 0.29) is 18.6 Å². The molecule has 150 valence electrons. The fourth-order valence-electron chi connectivity index (χ4n) is 3.32. The van der Waals surface area contributed by atoms with Crippen molar-refractivity contribution in [1.82, 2.24) is 0 Å². The van der Waals surface area contributed by atoms with Crippen LogP contribution in [0.1, 0.15) is 56.3 Å². The Labute approximate surface area is 161 Å². The van der Waals surface area contributed by atoms with Gasteiger partial charge in [0.25, 0.3) is 5.91 Å². The van der Waals surface area contributed by atoms with Crippen molar-refractivity contribution < 1.29 is 23.8 Å². The summed E-state index contributed by atoms with van der Waals surface area (Å²) in [5.74, 6) is -0.628. The quantitative estimate of drug-likeness (QED) is 0.486. The topological polar surface area (TPSA) is 65.1 Å². The highest BCUT2D eigenvalue weighted by atomic mass is 16.6. The van der Waals surface area contributed by atoms with Gasteiger partial charge in [-0.25, -0.2) is 4.79 Å². The number of unbranched alkanes of at least 4 members (excludes halogenated alkanes) is 3. The van der Waals surface area contributed by atoms with Crippen molar-refractivity contribution in [2.75, 3.05) is 31.8 Å². The number of benzene rings is 1. The highest BCUT2D eigenvalue weighted by Gasteiger charge is 2.33. The van der Waals surface area contributed by atoms with E-state index in [9.17, 15) is 9.59 Å². The van der Waals surface area contributed by atoms with E-state index >= 15 is 0 Å². The molecular formula is C21H31NO5. The molecule has 1 aromatic rings. The third kappa shape index (κ3) is 5.78. The number of esters is 1. The van der Waals surface area contributed by atoms with Crippen LogP contribution in [-0.4, -0.2) is 51.0 Å². The lowest BCUT2D eigenvalue weighted by molar-refractivity contribution is -0.145. The number of ether oxygens (including phenoxy) is 3. The third-order valence-corrected chi connectivity index (χ3v) is 4.81. The van der Waals surface area contributed by atoms with Gasteiger partial charge in [-0.1, -0.05) is 44.7 Å². The van der Waals surface area contributed by atoms with Gasteiger partial charge in [0.05, 0.1) is 38.2 Å². The monoisotopic (exact) mass is 377 g/mol. The molecule has 1 heterocycles. The Morgan fingerprint density at radius 3 is 2.67 bits per heavy atom. The molecule has 2 atom stereocenters. The van der Waals surface area contributed by atoms with Gasteiger partial charge in [-0.2, -0.15) is 0 Å². The predicted octanol–water partition coefficient (Wildman–Crippen LogP) is 3.58. The maximum Gasteiger partial charge on any atom is 0.339 e. The zero-order valence-electron chi connectivity index (χ0n) is 16.6. The number of rotatable bonds is 9. The molecule has 1 aromatic carbocycles. The molecule has 6 heteroatoms. The number of hydrogen-bond donors (Lipinski definition) is 0. The Hall–Kier alpha value is -1.92. The second-order valence-electron chi connectivity index (χ2n) is 6.85. The first kappa shape index (κ1) is 21.4. The summed E-state index contributed by atoms with van der Waals surface area (Å²) in [4.78, 5) is 27.2. The van der Waals surface area contributed by atoms with Gasteiger partial charge in [0.2, 0.25) is 0 Å². The second-order valence-corrected chi connectivity index (χ2v) is 6.85. The van der Waals surface area contributed by atoms with Crippen molar-refractivity contribution in [3.05, 3.63) is 29.8 Å². The maximum atomic E-state index is 13.3. The number of hydrogen-bond acceptors (Lipinski definition) is 5. The van der Waals surface area contributed by atoms with Crippen molar-refractivity contribution in [2.45, 2.75) is 58.1 Å². The van der Waals surface area contributed by atoms with E-state index in [1.54, 1.807) is 23.1 Å². The van der Waals surface area contributed by atoms with E-state index in [1.165, 1.54) is 13.5 Å². The fourth-order valence-corrected chi connectivity index (χ4v) is 3.32. The Bertz CT molecular complexity index is 612. The summed E-state index contributed by atoms with van der Waals surface area (Å²) < 4.78 is 16.0. The first-order valence-electron chi connectivity index (χ1n) is 9.79. The lowest BCUT2D eigenvalue weighted by Crippen LogP contribution is -2.49. The maximum absolute atomic E-state index is 13.3. The second kappa shape index (κ2) is 11.0. The van der Waals surface area contributed by atoms with Gasteiger partial charge in [0.1, 0.15) is 0 Å². The van der Waals surface area contributed by atoms with E-state index in [0.717, 1.165) is 25.7 Å². The number of carbonyl (C=O) groups is 2. The number of amides is 1. The van der Waals surface area contributed by atoms with Crippen LogP contribution in [0.4, 0.5) is 5.69 Å². The first-order chi connectivity index (χ1) is 13.1. The zero-order chi connectivity index (χ0) is 19.6. The van der Waals surface area contributed by atoms with Crippen LogP contribution in [0.5, 0.6) is 0 Å². The first-order valence-corrected chi connectivity index (χ1v) is 9.79. The van der Waals surface area contributed by atoms with Crippen LogP contribution < -0.4 is 4.90 Å². The highest BCUT2D eigenvalue weighted by molar-refractivity contribution is 6.04. The van der Waals surface area contributed by atoms with E-state index in [1.807, 2.05) is 13.0 Å². The molecule has 1 fully saturated rings. The summed E-state index contributed by atoms with van der Waals surface area (Å²) in [5.41, 5.74) is 0.942. The Morgan fingerprint density at radius 2 is 2.00 bits per heavy atom. The van der Waals surface area contributed by atoms with Crippen LogP contribution in [0.25, 0.3) is 0 Å². The molecule has 1 aliphatic rings. The Kier molecular flexibility index (Phi) is 8.75. The SMILES string of the molecule is CCCCCC[C@H](C)N(C(=O)[C@@H]1COCCO1)c1ccccc1C(=O)OC. The molecule has 27 heavy (non-hydrogen) atoms. The van der Waals surface area contributed by atoms with Gasteiger partial charge in [-0.3, -0.25) is 4.79 Å². The van der Waals surface area contributed by atoms with Crippen LogP contribution in [0.3, 0.4) is 0 Å². The van der Waals surface area contributed by atoms with E-state index in [0.29, 0.717) is 24.5 Å². The van der Waals surface area contributed by atoms with Gasteiger partial charge < -0.3 is 19.1 Å². The molecule has 0 radical (unpaired) electrons. The average Bonchev–Trinajstić information content (AvgIpc) is 2.71.